The van der Waals surface area contributed by atoms with Gasteiger partial charge in [0.25, 0.3) is 5.91 Å². The first-order valence-electron chi connectivity index (χ1n) is 8.21. The molecule has 0 radical (unpaired) electrons. The molecule has 4 rings (SSSR count). The van der Waals surface area contributed by atoms with E-state index < -0.39 is 0 Å². The summed E-state index contributed by atoms with van der Waals surface area (Å²) in [7, 11) is 1.88. The van der Waals surface area contributed by atoms with Crippen molar-refractivity contribution < 1.29 is 4.79 Å². The first-order chi connectivity index (χ1) is 12.1. The predicted molar refractivity (Wildman–Crippen MR) is 93.1 cm³/mol. The summed E-state index contributed by atoms with van der Waals surface area (Å²) in [6.07, 6.45) is 5.54. The summed E-state index contributed by atoms with van der Waals surface area (Å²) in [5.74, 6) is 1.84. The summed E-state index contributed by atoms with van der Waals surface area (Å²) in [5.41, 5.74) is 2.78. The second-order valence-corrected chi connectivity index (χ2v) is 6.30. The maximum Gasteiger partial charge on any atom is 0.259 e. The number of carbonyl (C=O) groups excluding carboxylic acids is 1. The van der Waals surface area contributed by atoms with E-state index in [4.69, 9.17) is 0 Å². The average Bonchev–Trinajstić information content (AvgIpc) is 3.36. The Labute approximate surface area is 145 Å². The van der Waals surface area contributed by atoms with Gasteiger partial charge in [-0.3, -0.25) is 4.79 Å². The number of anilines is 1. The molecular formula is C18H18N6O. The Morgan fingerprint density at radius 2 is 2.16 bits per heavy atom. The Kier molecular flexibility index (Phi) is 3.76. The smallest absolute Gasteiger partial charge is 0.259 e. The third kappa shape index (κ3) is 3.13. The third-order valence-electron chi connectivity index (χ3n) is 4.28. The number of rotatable bonds is 4. The van der Waals surface area contributed by atoms with Crippen LogP contribution in [0.3, 0.4) is 0 Å². The van der Waals surface area contributed by atoms with Crippen LogP contribution in [0.1, 0.15) is 40.6 Å². The molecule has 1 amide bonds. The van der Waals surface area contributed by atoms with Crippen LogP contribution in [0.4, 0.5) is 5.69 Å². The number of nitrogens with zero attached hydrogens (tertiary/aromatic N) is 5. The summed E-state index contributed by atoms with van der Waals surface area (Å²) in [4.78, 5) is 21.4. The monoisotopic (exact) mass is 334 g/mol. The highest BCUT2D eigenvalue weighted by molar-refractivity contribution is 6.05. The number of carbonyl (C=O) groups is 1. The van der Waals surface area contributed by atoms with Crippen molar-refractivity contribution in [2.45, 2.75) is 25.7 Å². The molecule has 2 aromatic heterocycles. The van der Waals surface area contributed by atoms with Crippen LogP contribution in [-0.4, -0.2) is 30.6 Å². The fourth-order valence-corrected chi connectivity index (χ4v) is 2.73. The van der Waals surface area contributed by atoms with E-state index in [1.807, 2.05) is 42.8 Å². The number of hydrogen-bond acceptors (Lipinski definition) is 5. The van der Waals surface area contributed by atoms with Gasteiger partial charge in [0.15, 0.2) is 5.82 Å². The van der Waals surface area contributed by atoms with Crippen LogP contribution < -0.4 is 5.32 Å². The van der Waals surface area contributed by atoms with Crippen molar-refractivity contribution in [3.05, 3.63) is 53.9 Å². The van der Waals surface area contributed by atoms with Gasteiger partial charge in [0.1, 0.15) is 12.2 Å². The van der Waals surface area contributed by atoms with Crippen LogP contribution in [0.15, 0.2) is 36.8 Å². The Morgan fingerprint density at radius 3 is 2.84 bits per heavy atom. The molecular weight excluding hydrogens is 316 g/mol. The summed E-state index contributed by atoms with van der Waals surface area (Å²) >= 11 is 0. The highest BCUT2D eigenvalue weighted by atomic mass is 16.1. The molecule has 0 aliphatic heterocycles. The minimum absolute atomic E-state index is 0.213. The van der Waals surface area contributed by atoms with Crippen LogP contribution in [0.2, 0.25) is 0 Å². The molecule has 7 heteroatoms. The van der Waals surface area contributed by atoms with Gasteiger partial charge in [-0.1, -0.05) is 12.1 Å². The lowest BCUT2D eigenvalue weighted by Gasteiger charge is -2.09. The van der Waals surface area contributed by atoms with E-state index in [1.54, 1.807) is 12.5 Å². The van der Waals surface area contributed by atoms with Gasteiger partial charge in [0.2, 0.25) is 0 Å². The Bertz CT molecular complexity index is 944. The topological polar surface area (TPSA) is 85.6 Å². The molecule has 25 heavy (non-hydrogen) atoms. The maximum absolute atomic E-state index is 12.6. The normalized spacial score (nSPS) is 13.7. The second kappa shape index (κ2) is 6.08. The van der Waals surface area contributed by atoms with Gasteiger partial charge in [-0.25, -0.2) is 9.97 Å². The largest absolute Gasteiger partial charge is 0.322 e. The fourth-order valence-electron chi connectivity index (χ4n) is 2.73. The molecule has 7 nitrogen and oxygen atoms in total. The number of amides is 1. The van der Waals surface area contributed by atoms with Crippen molar-refractivity contribution in [1.29, 1.82) is 0 Å². The van der Waals surface area contributed by atoms with E-state index in [-0.39, 0.29) is 5.91 Å². The molecule has 2 heterocycles. The first-order valence-corrected chi connectivity index (χ1v) is 8.21. The van der Waals surface area contributed by atoms with Crippen LogP contribution >= 0.6 is 0 Å². The zero-order valence-corrected chi connectivity index (χ0v) is 14.1. The van der Waals surface area contributed by atoms with E-state index in [9.17, 15) is 4.79 Å². The average molecular weight is 334 g/mol. The van der Waals surface area contributed by atoms with Crippen LogP contribution in [0.5, 0.6) is 0 Å². The molecule has 0 unspecified atom stereocenters. The highest BCUT2D eigenvalue weighted by Crippen LogP contribution is 2.37. The maximum atomic E-state index is 12.6. The number of benzene rings is 1. The zero-order chi connectivity index (χ0) is 17.4. The van der Waals surface area contributed by atoms with E-state index in [0.717, 1.165) is 30.1 Å². The van der Waals surface area contributed by atoms with Crippen molar-refractivity contribution in [2.24, 2.45) is 7.05 Å². The molecule has 0 spiro atoms. The highest BCUT2D eigenvalue weighted by Gasteiger charge is 2.27. The van der Waals surface area contributed by atoms with Gasteiger partial charge in [-0.15, -0.1) is 10.2 Å². The van der Waals surface area contributed by atoms with Crippen molar-refractivity contribution in [3.8, 4) is 11.4 Å². The molecule has 0 atom stereocenters. The number of hydrogen-bond donors (Lipinski definition) is 1. The van der Waals surface area contributed by atoms with Gasteiger partial charge in [0, 0.05) is 30.4 Å². The van der Waals surface area contributed by atoms with Crippen LogP contribution in [0, 0.1) is 6.92 Å². The summed E-state index contributed by atoms with van der Waals surface area (Å²) < 4.78 is 1.83. The lowest BCUT2D eigenvalue weighted by molar-refractivity contribution is 0.102. The van der Waals surface area contributed by atoms with E-state index in [2.05, 4.69) is 25.5 Å². The Balaban J connectivity index is 1.56. The Morgan fingerprint density at radius 1 is 1.32 bits per heavy atom. The molecule has 0 bridgehead atoms. The van der Waals surface area contributed by atoms with Gasteiger partial charge in [-0.2, -0.15) is 0 Å². The standard InChI is InChI=1S/C18H18N6O/c1-11-15(9-19-16(21-11)12-6-7-12)18(25)22-14-5-3-4-13(8-14)17-23-20-10-24(17)2/h3-5,8-10,12H,6-7H2,1-2H3,(H,22,25). The van der Waals surface area contributed by atoms with Crippen molar-refractivity contribution in [1.82, 2.24) is 24.7 Å². The summed E-state index contributed by atoms with van der Waals surface area (Å²) in [6.45, 7) is 1.85. The van der Waals surface area contributed by atoms with Crippen molar-refractivity contribution >= 4 is 11.6 Å². The molecule has 126 valence electrons. The predicted octanol–water partition coefficient (Wildman–Crippen LogP) is 2.71. The van der Waals surface area contributed by atoms with Gasteiger partial charge >= 0.3 is 0 Å². The Hall–Kier alpha value is -3.09. The zero-order valence-electron chi connectivity index (χ0n) is 14.1. The minimum atomic E-state index is -0.213. The third-order valence-corrected chi connectivity index (χ3v) is 4.28. The van der Waals surface area contributed by atoms with Gasteiger partial charge in [0.05, 0.1) is 11.3 Å². The van der Waals surface area contributed by atoms with Crippen LogP contribution in [0.25, 0.3) is 11.4 Å². The quantitative estimate of drug-likeness (QED) is 0.793. The molecule has 1 aromatic carbocycles. The van der Waals surface area contributed by atoms with E-state index in [1.165, 1.54) is 0 Å². The molecule has 1 aliphatic carbocycles. The van der Waals surface area contributed by atoms with E-state index >= 15 is 0 Å². The van der Waals surface area contributed by atoms with Crippen molar-refractivity contribution in [3.63, 3.8) is 0 Å². The minimum Gasteiger partial charge on any atom is -0.322 e. The number of nitrogens with one attached hydrogen (secondary N) is 1. The van der Waals surface area contributed by atoms with Gasteiger partial charge in [-0.05, 0) is 31.9 Å². The first kappa shape index (κ1) is 15.4. The SMILES string of the molecule is Cc1nc(C2CC2)ncc1C(=O)Nc1cccc(-c2nncn2C)c1. The fraction of sp³-hybridized carbons (Fsp3) is 0.278. The summed E-state index contributed by atoms with van der Waals surface area (Å²) in [6, 6.07) is 7.51. The number of aryl methyl sites for hydroxylation is 2. The lowest BCUT2D eigenvalue weighted by Crippen LogP contribution is -2.15. The summed E-state index contributed by atoms with van der Waals surface area (Å²) in [5, 5.41) is 10.9. The lowest BCUT2D eigenvalue weighted by atomic mass is 10.1. The van der Waals surface area contributed by atoms with Gasteiger partial charge < -0.3 is 9.88 Å². The second-order valence-electron chi connectivity index (χ2n) is 6.30. The van der Waals surface area contributed by atoms with Crippen LogP contribution in [-0.2, 0) is 7.05 Å². The molecule has 1 fully saturated rings. The molecule has 1 aliphatic rings. The molecule has 1 N–H and O–H groups in total. The van der Waals surface area contributed by atoms with Crippen molar-refractivity contribution in [2.75, 3.05) is 5.32 Å². The molecule has 0 saturated heterocycles. The van der Waals surface area contributed by atoms with E-state index in [0.29, 0.717) is 22.9 Å². The number of aromatic nitrogens is 5. The molecule has 3 aromatic rings. The molecule has 1 saturated carbocycles.